The van der Waals surface area contributed by atoms with E-state index in [9.17, 15) is 4.79 Å². The number of nitrogens with zero attached hydrogens (tertiary/aromatic N) is 1. The molecule has 10 heteroatoms. The maximum Gasteiger partial charge on any atom is 0.253 e. The Kier molecular flexibility index (Phi) is 7.51. The van der Waals surface area contributed by atoms with Crippen molar-refractivity contribution in [2.45, 2.75) is 9.96 Å². The van der Waals surface area contributed by atoms with E-state index in [1.807, 2.05) is 6.07 Å². The SMILES string of the molecule is O=C(N[C@H](NC(=S)Nc1ccccn1)C(Cl)(Cl)Cl)c1cccc(I)c1. The number of hydrogen-bond acceptors (Lipinski definition) is 3. The molecule has 1 amide bonds. The minimum absolute atomic E-state index is 0.151. The van der Waals surface area contributed by atoms with Gasteiger partial charge in [-0.05, 0) is 65.1 Å². The number of benzene rings is 1. The molecule has 25 heavy (non-hydrogen) atoms. The second-order valence-electron chi connectivity index (χ2n) is 4.77. The second kappa shape index (κ2) is 9.18. The van der Waals surface area contributed by atoms with E-state index in [0.29, 0.717) is 11.4 Å². The van der Waals surface area contributed by atoms with Crippen molar-refractivity contribution in [2.24, 2.45) is 0 Å². The summed E-state index contributed by atoms with van der Waals surface area (Å²) in [6.07, 6.45) is 0.558. The maximum atomic E-state index is 12.4. The Hall–Kier alpha value is -0.870. The van der Waals surface area contributed by atoms with E-state index in [2.05, 4.69) is 43.5 Å². The van der Waals surface area contributed by atoms with Crippen LogP contribution in [0.1, 0.15) is 10.4 Å². The fraction of sp³-hybridized carbons (Fsp3) is 0.133. The van der Waals surface area contributed by atoms with Crippen molar-refractivity contribution >= 4 is 86.4 Å². The molecular weight excluding hydrogens is 518 g/mol. The Balaban J connectivity index is 2.06. The van der Waals surface area contributed by atoms with Crippen LogP contribution in [-0.2, 0) is 0 Å². The number of pyridine rings is 1. The van der Waals surface area contributed by atoms with Gasteiger partial charge in [-0.15, -0.1) is 0 Å². The van der Waals surface area contributed by atoms with Crippen LogP contribution in [0.5, 0.6) is 0 Å². The first-order valence-corrected chi connectivity index (χ1v) is 9.49. The Bertz CT molecular complexity index is 758. The fourth-order valence-electron chi connectivity index (χ4n) is 1.76. The monoisotopic (exact) mass is 528 g/mol. The molecule has 0 unspecified atom stereocenters. The van der Waals surface area contributed by atoms with Gasteiger partial charge in [0.25, 0.3) is 5.91 Å². The van der Waals surface area contributed by atoms with E-state index in [1.54, 1.807) is 42.6 Å². The molecule has 0 saturated carbocycles. The Morgan fingerprint density at radius 2 is 1.92 bits per heavy atom. The minimum atomic E-state index is -1.83. The van der Waals surface area contributed by atoms with Gasteiger partial charge in [0.15, 0.2) is 5.11 Å². The first-order chi connectivity index (χ1) is 11.8. The molecule has 2 aromatic rings. The number of halogens is 4. The van der Waals surface area contributed by atoms with Crippen LogP contribution in [0.25, 0.3) is 0 Å². The summed E-state index contributed by atoms with van der Waals surface area (Å²) in [6, 6.07) is 12.3. The number of hydrogen-bond donors (Lipinski definition) is 3. The molecule has 0 aliphatic carbocycles. The van der Waals surface area contributed by atoms with Crippen molar-refractivity contribution in [1.82, 2.24) is 15.6 Å². The van der Waals surface area contributed by atoms with Gasteiger partial charge in [0.2, 0.25) is 3.79 Å². The summed E-state index contributed by atoms with van der Waals surface area (Å²) in [4.78, 5) is 16.5. The molecule has 0 radical (unpaired) electrons. The fourth-order valence-corrected chi connectivity index (χ4v) is 2.86. The summed E-state index contributed by atoms with van der Waals surface area (Å²) in [6.45, 7) is 0. The maximum absolute atomic E-state index is 12.4. The number of aromatic nitrogens is 1. The third kappa shape index (κ3) is 6.74. The lowest BCUT2D eigenvalue weighted by Crippen LogP contribution is -2.56. The Labute approximate surface area is 179 Å². The predicted octanol–water partition coefficient (Wildman–Crippen LogP) is 4.10. The molecule has 1 aromatic carbocycles. The predicted molar refractivity (Wildman–Crippen MR) is 114 cm³/mol. The molecule has 0 saturated heterocycles. The number of thiocarbonyl (C=S) groups is 1. The first kappa shape index (κ1) is 20.4. The zero-order chi connectivity index (χ0) is 18.4. The quantitative estimate of drug-likeness (QED) is 0.241. The van der Waals surface area contributed by atoms with Crippen molar-refractivity contribution in [1.29, 1.82) is 0 Å². The molecule has 1 atom stereocenters. The largest absolute Gasteiger partial charge is 0.339 e. The van der Waals surface area contributed by atoms with Crippen molar-refractivity contribution in [3.63, 3.8) is 0 Å². The topological polar surface area (TPSA) is 66.1 Å². The Morgan fingerprint density at radius 1 is 1.16 bits per heavy atom. The van der Waals surface area contributed by atoms with Gasteiger partial charge in [0, 0.05) is 15.3 Å². The molecule has 0 bridgehead atoms. The lowest BCUT2D eigenvalue weighted by atomic mass is 10.2. The molecule has 1 heterocycles. The Morgan fingerprint density at radius 3 is 2.52 bits per heavy atom. The third-order valence-corrected chi connectivity index (χ3v) is 4.42. The normalized spacial score (nSPS) is 12.2. The van der Waals surface area contributed by atoms with Gasteiger partial charge in [-0.1, -0.05) is 46.9 Å². The number of carbonyl (C=O) groups is 1. The number of rotatable bonds is 4. The van der Waals surface area contributed by atoms with Gasteiger partial charge in [0.05, 0.1) is 0 Å². The summed E-state index contributed by atoms with van der Waals surface area (Å²) in [5.41, 5.74) is 0.441. The summed E-state index contributed by atoms with van der Waals surface area (Å²) < 4.78 is -0.913. The summed E-state index contributed by atoms with van der Waals surface area (Å²) in [5.74, 6) is 0.120. The van der Waals surface area contributed by atoms with Gasteiger partial charge < -0.3 is 16.0 Å². The van der Waals surface area contributed by atoms with Crippen molar-refractivity contribution in [3.05, 3.63) is 57.8 Å². The number of anilines is 1. The van der Waals surface area contributed by atoms with Crippen LogP contribution in [0.15, 0.2) is 48.7 Å². The third-order valence-electron chi connectivity index (χ3n) is 2.87. The van der Waals surface area contributed by atoms with Crippen LogP contribution < -0.4 is 16.0 Å². The average molecular weight is 530 g/mol. The van der Waals surface area contributed by atoms with Crippen LogP contribution in [0.4, 0.5) is 5.82 Å². The van der Waals surface area contributed by atoms with Crippen LogP contribution in [0.2, 0.25) is 0 Å². The van der Waals surface area contributed by atoms with Gasteiger partial charge in [-0.3, -0.25) is 4.79 Å². The molecule has 3 N–H and O–H groups in total. The number of amides is 1. The zero-order valence-corrected chi connectivity index (χ0v) is 17.7. The number of alkyl halides is 3. The van der Waals surface area contributed by atoms with E-state index in [-0.39, 0.29) is 5.11 Å². The molecule has 132 valence electrons. The molecular formula is C15H12Cl3IN4OS. The van der Waals surface area contributed by atoms with E-state index in [0.717, 1.165) is 3.57 Å². The van der Waals surface area contributed by atoms with E-state index < -0.39 is 15.9 Å². The molecule has 0 aliphatic rings. The standard InChI is InChI=1S/C15H12Cl3IN4OS/c16-15(17,18)13(22-12(24)9-4-3-5-10(19)8-9)23-14(25)21-11-6-1-2-7-20-11/h1-8,13H,(H,22,24)(H2,20,21,23,25)/t13-/m1/s1. The number of carbonyl (C=O) groups excluding carboxylic acids is 1. The van der Waals surface area contributed by atoms with Crippen LogP contribution in [0, 0.1) is 3.57 Å². The minimum Gasteiger partial charge on any atom is -0.339 e. The van der Waals surface area contributed by atoms with Crippen LogP contribution in [0.3, 0.4) is 0 Å². The highest BCUT2D eigenvalue weighted by molar-refractivity contribution is 14.1. The molecule has 1 aromatic heterocycles. The molecule has 5 nitrogen and oxygen atoms in total. The highest BCUT2D eigenvalue weighted by Gasteiger charge is 2.35. The van der Waals surface area contributed by atoms with Crippen molar-refractivity contribution < 1.29 is 4.79 Å². The van der Waals surface area contributed by atoms with Gasteiger partial charge in [0.1, 0.15) is 12.0 Å². The highest BCUT2D eigenvalue weighted by Crippen LogP contribution is 2.29. The van der Waals surface area contributed by atoms with E-state index >= 15 is 0 Å². The van der Waals surface area contributed by atoms with Crippen LogP contribution >= 0.6 is 69.6 Å². The first-order valence-electron chi connectivity index (χ1n) is 6.87. The van der Waals surface area contributed by atoms with Gasteiger partial charge >= 0.3 is 0 Å². The summed E-state index contributed by atoms with van der Waals surface area (Å²) >= 11 is 25.2. The van der Waals surface area contributed by atoms with E-state index in [1.165, 1.54) is 0 Å². The lowest BCUT2D eigenvalue weighted by Gasteiger charge is -2.27. The van der Waals surface area contributed by atoms with Crippen molar-refractivity contribution in [2.75, 3.05) is 5.32 Å². The average Bonchev–Trinajstić information content (AvgIpc) is 2.54. The summed E-state index contributed by atoms with van der Waals surface area (Å²) in [7, 11) is 0. The van der Waals surface area contributed by atoms with Crippen molar-refractivity contribution in [3.8, 4) is 0 Å². The molecule has 2 rings (SSSR count). The molecule has 0 aliphatic heterocycles. The smallest absolute Gasteiger partial charge is 0.253 e. The zero-order valence-electron chi connectivity index (χ0n) is 12.5. The number of nitrogens with one attached hydrogen (secondary N) is 3. The second-order valence-corrected chi connectivity index (χ2v) is 8.79. The van der Waals surface area contributed by atoms with E-state index in [4.69, 9.17) is 47.0 Å². The molecule has 0 fully saturated rings. The molecule has 0 spiro atoms. The summed E-state index contributed by atoms with van der Waals surface area (Å²) in [5, 5.41) is 8.39. The van der Waals surface area contributed by atoms with Gasteiger partial charge in [-0.2, -0.15) is 0 Å². The van der Waals surface area contributed by atoms with Crippen LogP contribution in [-0.4, -0.2) is 26.0 Å². The lowest BCUT2D eigenvalue weighted by molar-refractivity contribution is 0.0934. The van der Waals surface area contributed by atoms with Gasteiger partial charge in [-0.25, -0.2) is 4.98 Å². The highest BCUT2D eigenvalue weighted by atomic mass is 127.